The van der Waals surface area contributed by atoms with Crippen molar-refractivity contribution < 1.29 is 13.9 Å². The predicted molar refractivity (Wildman–Crippen MR) is 338 cm³/mol. The zero-order chi connectivity index (χ0) is 56.6. The van der Waals surface area contributed by atoms with Crippen molar-refractivity contribution in [2.24, 2.45) is 0 Å². The Hall–Kier alpha value is -8.34. The fraction of sp³-hybridized carbons (Fsp3) is 0.256. The Balaban J connectivity index is 1.06. The summed E-state index contributed by atoms with van der Waals surface area (Å²) < 4.78 is 22.0. The number of furan rings is 1. The third kappa shape index (κ3) is 7.03. The van der Waals surface area contributed by atoms with Gasteiger partial charge in [0.1, 0.15) is 23.0 Å². The van der Waals surface area contributed by atoms with E-state index >= 15 is 0 Å². The van der Waals surface area contributed by atoms with Gasteiger partial charge in [0.25, 0.3) is 0 Å². The zero-order valence-electron chi connectivity index (χ0n) is 49.5. The maximum atomic E-state index is 7.67. The maximum Gasteiger partial charge on any atom is 0.159 e. The summed E-state index contributed by atoms with van der Waals surface area (Å²) in [6, 6.07) is 67.1. The van der Waals surface area contributed by atoms with E-state index in [0.29, 0.717) is 0 Å². The van der Waals surface area contributed by atoms with Crippen LogP contribution in [0.2, 0.25) is 0 Å². The Morgan fingerprint density at radius 1 is 0.390 bits per heavy atom. The molecule has 0 radical (unpaired) electrons. The molecule has 82 heavy (non-hydrogen) atoms. The average Bonchev–Trinajstić information content (AvgIpc) is 1.72. The molecule has 5 aliphatic rings. The van der Waals surface area contributed by atoms with Gasteiger partial charge in [-0.1, -0.05) is 210 Å². The number of aryl methyl sites for hydroxylation is 1. The molecule has 9 aromatic carbocycles. The van der Waals surface area contributed by atoms with Crippen LogP contribution >= 0.6 is 0 Å². The molecule has 2 aliphatic heterocycles. The van der Waals surface area contributed by atoms with Gasteiger partial charge in [-0.25, -0.2) is 0 Å². The van der Waals surface area contributed by atoms with E-state index in [-0.39, 0.29) is 21.7 Å². The fourth-order valence-corrected chi connectivity index (χ4v) is 14.6. The van der Waals surface area contributed by atoms with Crippen LogP contribution in [0, 0.1) is 0 Å². The molecule has 0 bridgehead atoms. The molecule has 2 spiro atoms. The van der Waals surface area contributed by atoms with Gasteiger partial charge in [0.05, 0.1) is 22.2 Å². The van der Waals surface area contributed by atoms with Gasteiger partial charge in [-0.15, -0.1) is 0 Å². The van der Waals surface area contributed by atoms with Gasteiger partial charge in [0, 0.05) is 38.9 Å². The molecule has 1 aromatic heterocycles. The highest BCUT2D eigenvalue weighted by Crippen LogP contribution is 2.67. The van der Waals surface area contributed by atoms with Gasteiger partial charge in [-0.2, -0.15) is 0 Å². The third-order valence-electron chi connectivity index (χ3n) is 18.9. The van der Waals surface area contributed by atoms with E-state index in [1.807, 2.05) is 0 Å². The molecule has 15 rings (SSSR count). The van der Waals surface area contributed by atoms with Gasteiger partial charge < -0.3 is 18.8 Å². The lowest BCUT2D eigenvalue weighted by Gasteiger charge is -2.42. The van der Waals surface area contributed by atoms with Gasteiger partial charge >= 0.3 is 0 Å². The molecule has 0 N–H and O–H groups in total. The number of benzene rings is 9. The van der Waals surface area contributed by atoms with Crippen LogP contribution in [0.15, 0.2) is 186 Å². The summed E-state index contributed by atoms with van der Waals surface area (Å²) in [7, 11) is 0. The molecule has 0 fully saturated rings. The smallest absolute Gasteiger partial charge is 0.159 e. The highest BCUT2D eigenvalue weighted by atomic mass is 16.5. The molecule has 3 heterocycles. The lowest BCUT2D eigenvalue weighted by Crippen LogP contribution is -2.34. The van der Waals surface area contributed by atoms with Crippen molar-refractivity contribution >= 4 is 34.1 Å². The molecule has 406 valence electrons. The predicted octanol–water partition coefficient (Wildman–Crippen LogP) is 21.0. The molecule has 0 atom stereocenters. The van der Waals surface area contributed by atoms with Gasteiger partial charge in [0.15, 0.2) is 11.3 Å². The average molecular weight is 1070 g/mol. The van der Waals surface area contributed by atoms with Crippen LogP contribution in [0.4, 0.5) is 17.1 Å². The highest BCUT2D eigenvalue weighted by molar-refractivity contribution is 6.01. The van der Waals surface area contributed by atoms with Gasteiger partial charge in [0.2, 0.25) is 0 Å². The Bertz CT molecular complexity index is 4270. The number of anilines is 3. The molecule has 4 heteroatoms. The first-order valence-corrected chi connectivity index (χ1v) is 29.6. The van der Waals surface area contributed by atoms with Crippen LogP contribution in [0.25, 0.3) is 39.3 Å². The van der Waals surface area contributed by atoms with E-state index in [1.165, 1.54) is 72.3 Å². The van der Waals surface area contributed by atoms with E-state index in [2.05, 4.69) is 276 Å². The van der Waals surface area contributed by atoms with Crippen molar-refractivity contribution in [3.8, 4) is 45.3 Å². The Morgan fingerprint density at radius 2 is 0.866 bits per heavy atom. The normalized spacial score (nSPS) is 15.6. The second-order valence-corrected chi connectivity index (χ2v) is 27.9. The molecule has 4 nitrogen and oxygen atoms in total. The number of allylic oxidation sites excluding steroid dienone is 1. The summed E-state index contributed by atoms with van der Waals surface area (Å²) in [4.78, 5) is 2.46. The van der Waals surface area contributed by atoms with E-state index in [4.69, 9.17) is 13.9 Å². The van der Waals surface area contributed by atoms with E-state index in [9.17, 15) is 0 Å². The van der Waals surface area contributed by atoms with Crippen LogP contribution in [-0.4, -0.2) is 0 Å². The zero-order valence-corrected chi connectivity index (χ0v) is 49.5. The number of hydrogen-bond donors (Lipinski definition) is 0. The fourth-order valence-electron chi connectivity index (χ4n) is 14.6. The number of para-hydroxylation sites is 3. The Kier molecular flexibility index (Phi) is 10.6. The SMILES string of the molecule is CC(C)(C)c1ccc2c(c1)C1(c3cc(C(C)(C)C)ccc3O2)c2ccccc2-c2ccc(N(c3cccc4c3Oc3ccccc3C43c4cc(C(C)(C)C)ccc4-c4ccc(C(C)(C)C)cc43)c3cccc4c5c(oc34)C=CCC5)cc21. The largest absolute Gasteiger partial charge is 0.457 e. The summed E-state index contributed by atoms with van der Waals surface area (Å²) in [5.74, 6) is 4.36. The van der Waals surface area contributed by atoms with E-state index < -0.39 is 10.8 Å². The monoisotopic (exact) mass is 1070 g/mol. The maximum absolute atomic E-state index is 7.67. The van der Waals surface area contributed by atoms with Crippen molar-refractivity contribution in [2.45, 2.75) is 128 Å². The highest BCUT2D eigenvalue weighted by Gasteiger charge is 2.55. The number of fused-ring (bicyclic) bond motifs is 21. The summed E-state index contributed by atoms with van der Waals surface area (Å²) >= 11 is 0. The number of ether oxygens (including phenoxy) is 2. The van der Waals surface area contributed by atoms with Crippen LogP contribution in [0.1, 0.15) is 168 Å². The summed E-state index contributed by atoms with van der Waals surface area (Å²) in [5, 5.41) is 1.14. The van der Waals surface area contributed by atoms with E-state index in [0.717, 1.165) is 91.9 Å². The molecule has 0 unspecified atom stereocenters. The minimum atomic E-state index is -0.748. The number of hydrogen-bond acceptors (Lipinski definition) is 4. The quantitative estimate of drug-likeness (QED) is 0.177. The molecule has 0 saturated heterocycles. The minimum absolute atomic E-state index is 0.0947. The lowest BCUT2D eigenvalue weighted by molar-refractivity contribution is 0.433. The second kappa shape index (κ2) is 17.1. The molecule has 3 aliphatic carbocycles. The van der Waals surface area contributed by atoms with Crippen LogP contribution in [0.5, 0.6) is 23.0 Å². The van der Waals surface area contributed by atoms with Crippen LogP contribution in [0.3, 0.4) is 0 Å². The van der Waals surface area contributed by atoms with Crippen molar-refractivity contribution in [2.75, 3.05) is 4.90 Å². The lowest BCUT2D eigenvalue weighted by atomic mass is 9.64. The summed E-state index contributed by atoms with van der Waals surface area (Å²) in [5.41, 5.74) is 22.8. The topological polar surface area (TPSA) is 34.8 Å². The van der Waals surface area contributed by atoms with Gasteiger partial charge in [-0.3, -0.25) is 0 Å². The van der Waals surface area contributed by atoms with Crippen molar-refractivity contribution in [1.82, 2.24) is 0 Å². The molecular formula is C78H71NO3. The first-order valence-electron chi connectivity index (χ1n) is 29.6. The minimum Gasteiger partial charge on any atom is -0.457 e. The Morgan fingerprint density at radius 3 is 1.49 bits per heavy atom. The van der Waals surface area contributed by atoms with Crippen LogP contribution < -0.4 is 14.4 Å². The summed E-state index contributed by atoms with van der Waals surface area (Å²) in [6.45, 7) is 27.8. The second-order valence-electron chi connectivity index (χ2n) is 27.9. The first kappa shape index (κ1) is 50.6. The standard InChI is InChI=1S/C78H71NO3/c1-73(2,3)46-31-36-52-53-37-32-47(74(4,5)6)42-61(53)78(60(52)41-46)58-25-16-18-30-68(58)82-72-59(78)26-20-28-66(72)79(65-27-19-23-56-55-22-14-17-29-67(55)81-71(56)65)50-35-38-54-51-21-13-15-24-57(51)77(62(54)45-50)63-43-48(75(7,8)9)33-39-69(63)80-70-40-34-49(44-64(70)77)76(10,11)12/h13,15-21,23-45H,14,22H2,1-12H3. The van der Waals surface area contributed by atoms with Crippen LogP contribution in [-0.2, 0) is 38.9 Å². The first-order chi connectivity index (χ1) is 39.2. The number of nitrogens with zero attached hydrogens (tertiary/aromatic N) is 1. The van der Waals surface area contributed by atoms with Gasteiger partial charge in [-0.05, 0) is 162 Å². The molecule has 0 amide bonds. The van der Waals surface area contributed by atoms with E-state index in [1.54, 1.807) is 0 Å². The molecular weight excluding hydrogens is 999 g/mol. The number of rotatable bonds is 3. The van der Waals surface area contributed by atoms with Crippen molar-refractivity contribution in [3.63, 3.8) is 0 Å². The third-order valence-corrected chi connectivity index (χ3v) is 18.9. The molecule has 10 aromatic rings. The van der Waals surface area contributed by atoms with Crippen molar-refractivity contribution in [3.05, 3.63) is 260 Å². The summed E-state index contributed by atoms with van der Waals surface area (Å²) in [6.07, 6.45) is 6.31. The molecule has 0 saturated carbocycles. The van der Waals surface area contributed by atoms with Crippen molar-refractivity contribution in [1.29, 1.82) is 0 Å². The Labute approximate surface area is 484 Å².